The van der Waals surface area contributed by atoms with Crippen LogP contribution >= 0.6 is 34.2 Å². The molecular weight excluding hydrogens is 379 g/mol. The molecule has 0 saturated heterocycles. The molecule has 1 amide bonds. The van der Waals surface area contributed by atoms with Crippen molar-refractivity contribution >= 4 is 40.3 Å². The number of carbonyl (C=O) groups excluding carboxylic acids is 1. The molecule has 0 radical (unpaired) electrons. The number of amides is 1. The summed E-state index contributed by atoms with van der Waals surface area (Å²) in [6.45, 7) is 5.75. The number of nitrogens with two attached hydrogens (primary N) is 1. The van der Waals surface area contributed by atoms with Gasteiger partial charge in [0.1, 0.15) is 5.60 Å². The van der Waals surface area contributed by atoms with Crippen molar-refractivity contribution in [2.45, 2.75) is 32.4 Å². The fourth-order valence-electron chi connectivity index (χ4n) is 1.37. The lowest BCUT2D eigenvalue weighted by atomic mass is 10.1. The van der Waals surface area contributed by atoms with Crippen molar-refractivity contribution in [2.24, 2.45) is 5.73 Å². The van der Waals surface area contributed by atoms with Crippen LogP contribution in [-0.4, -0.2) is 18.2 Å². The lowest BCUT2D eigenvalue weighted by Crippen LogP contribution is -2.36. The number of halogens is 2. The second-order valence-electron chi connectivity index (χ2n) is 5.16. The van der Waals surface area contributed by atoms with Crippen molar-refractivity contribution in [1.82, 2.24) is 5.32 Å². The summed E-state index contributed by atoms with van der Waals surface area (Å²) in [5.41, 5.74) is 6.42. The average Bonchev–Trinajstić information content (AvgIpc) is 2.27. The van der Waals surface area contributed by atoms with Crippen LogP contribution in [0, 0.1) is 3.57 Å². The van der Waals surface area contributed by atoms with E-state index in [0.717, 1.165) is 9.13 Å². The Bertz CT molecular complexity index is 460. The molecule has 1 aromatic rings. The maximum absolute atomic E-state index is 11.5. The molecule has 106 valence electrons. The third kappa shape index (κ3) is 5.97. The van der Waals surface area contributed by atoms with Gasteiger partial charge in [0.25, 0.3) is 0 Å². The van der Waals surface area contributed by atoms with Gasteiger partial charge in [-0.15, -0.1) is 0 Å². The monoisotopic (exact) mass is 396 g/mol. The zero-order valence-corrected chi connectivity index (χ0v) is 14.1. The molecule has 1 rings (SSSR count). The van der Waals surface area contributed by atoms with Gasteiger partial charge in [-0.05, 0) is 61.1 Å². The Hall–Kier alpha value is -0.530. The van der Waals surface area contributed by atoms with E-state index in [9.17, 15) is 4.79 Å². The quantitative estimate of drug-likeness (QED) is 0.769. The summed E-state index contributed by atoms with van der Waals surface area (Å²) in [5, 5.41) is 3.34. The summed E-state index contributed by atoms with van der Waals surface area (Å²) in [6, 6.07) is 5.26. The van der Waals surface area contributed by atoms with Gasteiger partial charge in [-0.3, -0.25) is 0 Å². The minimum absolute atomic E-state index is 0.293. The van der Waals surface area contributed by atoms with Crippen LogP contribution in [0.4, 0.5) is 4.79 Å². The van der Waals surface area contributed by atoms with Gasteiger partial charge in [-0.1, -0.05) is 17.7 Å². The van der Waals surface area contributed by atoms with Crippen LogP contribution in [0.5, 0.6) is 0 Å². The van der Waals surface area contributed by atoms with Gasteiger partial charge in [-0.25, -0.2) is 4.79 Å². The lowest BCUT2D eigenvalue weighted by Gasteiger charge is -2.21. The minimum atomic E-state index is -0.510. The summed E-state index contributed by atoms with van der Waals surface area (Å²) in [5.74, 6) is 0. The van der Waals surface area contributed by atoms with Gasteiger partial charge < -0.3 is 15.8 Å². The van der Waals surface area contributed by atoms with Crippen molar-refractivity contribution in [3.05, 3.63) is 32.4 Å². The van der Waals surface area contributed by atoms with Crippen LogP contribution in [0.25, 0.3) is 0 Å². The summed E-state index contributed by atoms with van der Waals surface area (Å²) >= 11 is 8.09. The summed E-state index contributed by atoms with van der Waals surface area (Å²) in [4.78, 5) is 11.5. The second kappa shape index (κ2) is 6.76. The maximum atomic E-state index is 11.5. The Labute approximate surface area is 132 Å². The fraction of sp³-hybridized carbons (Fsp3) is 0.462. The molecule has 0 aliphatic rings. The Morgan fingerprint density at radius 1 is 1.53 bits per heavy atom. The van der Waals surface area contributed by atoms with Crippen LogP contribution in [0.2, 0.25) is 5.02 Å². The molecule has 0 aliphatic carbocycles. The molecule has 19 heavy (non-hydrogen) atoms. The summed E-state index contributed by atoms with van der Waals surface area (Å²) < 4.78 is 6.07. The predicted octanol–water partition coefficient (Wildman–Crippen LogP) is 3.47. The normalized spacial score (nSPS) is 12.9. The van der Waals surface area contributed by atoms with Gasteiger partial charge in [0, 0.05) is 16.2 Å². The Balaban J connectivity index is 2.53. The zero-order valence-electron chi connectivity index (χ0n) is 11.2. The molecule has 3 N–H and O–H groups in total. The maximum Gasteiger partial charge on any atom is 0.407 e. The molecule has 0 spiro atoms. The topological polar surface area (TPSA) is 64.3 Å². The van der Waals surface area contributed by atoms with Gasteiger partial charge in [0.2, 0.25) is 0 Å². The molecule has 1 unspecified atom stereocenters. The van der Waals surface area contributed by atoms with E-state index in [1.165, 1.54) is 0 Å². The third-order valence-corrected chi connectivity index (χ3v) is 3.78. The van der Waals surface area contributed by atoms with Crippen molar-refractivity contribution in [1.29, 1.82) is 0 Å². The standard InChI is InChI=1S/C13H18ClIN2O2/c1-13(2,3)19-12(18)17-7-11(16)8-4-5-9(14)10(15)6-8/h4-6,11H,7,16H2,1-3H3,(H,17,18). The van der Waals surface area contributed by atoms with E-state index in [1.807, 2.05) is 32.9 Å². The van der Waals surface area contributed by atoms with Crippen LogP contribution in [-0.2, 0) is 4.74 Å². The number of hydrogen-bond acceptors (Lipinski definition) is 3. The Morgan fingerprint density at radius 3 is 2.68 bits per heavy atom. The highest BCUT2D eigenvalue weighted by molar-refractivity contribution is 14.1. The number of nitrogens with one attached hydrogen (secondary N) is 1. The number of alkyl carbamates (subject to hydrolysis) is 1. The van der Waals surface area contributed by atoms with Gasteiger partial charge in [-0.2, -0.15) is 0 Å². The van der Waals surface area contributed by atoms with Crippen molar-refractivity contribution in [3.8, 4) is 0 Å². The molecule has 1 aromatic carbocycles. The van der Waals surface area contributed by atoms with Crippen LogP contribution in [0.1, 0.15) is 32.4 Å². The highest BCUT2D eigenvalue weighted by atomic mass is 127. The molecule has 0 aromatic heterocycles. The molecule has 0 heterocycles. The summed E-state index contributed by atoms with van der Waals surface area (Å²) in [6.07, 6.45) is -0.466. The van der Waals surface area contributed by atoms with Crippen LogP contribution in [0.3, 0.4) is 0 Å². The van der Waals surface area contributed by atoms with E-state index in [1.54, 1.807) is 6.07 Å². The van der Waals surface area contributed by atoms with Gasteiger partial charge in [0.05, 0.1) is 5.02 Å². The van der Waals surface area contributed by atoms with E-state index >= 15 is 0 Å². The number of rotatable bonds is 3. The molecule has 0 aliphatic heterocycles. The highest BCUT2D eigenvalue weighted by Gasteiger charge is 2.17. The van der Waals surface area contributed by atoms with E-state index < -0.39 is 11.7 Å². The van der Waals surface area contributed by atoms with Crippen LogP contribution < -0.4 is 11.1 Å². The molecule has 1 atom stereocenters. The largest absolute Gasteiger partial charge is 0.444 e. The Morgan fingerprint density at radius 2 is 2.16 bits per heavy atom. The minimum Gasteiger partial charge on any atom is -0.444 e. The second-order valence-corrected chi connectivity index (χ2v) is 6.73. The zero-order chi connectivity index (χ0) is 14.6. The molecular formula is C13H18ClIN2O2. The van der Waals surface area contributed by atoms with Crippen molar-refractivity contribution in [3.63, 3.8) is 0 Å². The first kappa shape index (κ1) is 16.5. The number of benzene rings is 1. The average molecular weight is 397 g/mol. The molecule has 0 bridgehead atoms. The van der Waals surface area contributed by atoms with Crippen molar-refractivity contribution in [2.75, 3.05) is 6.54 Å². The number of ether oxygens (including phenoxy) is 1. The van der Waals surface area contributed by atoms with Gasteiger partial charge >= 0.3 is 6.09 Å². The number of hydrogen-bond donors (Lipinski definition) is 2. The first-order chi connectivity index (χ1) is 8.69. The SMILES string of the molecule is CC(C)(C)OC(=O)NCC(N)c1ccc(Cl)c(I)c1. The predicted molar refractivity (Wildman–Crippen MR) is 85.3 cm³/mol. The Kier molecular flexibility index (Phi) is 5.88. The molecule has 6 heteroatoms. The molecule has 0 fully saturated rings. The van der Waals surface area contributed by atoms with E-state index in [-0.39, 0.29) is 6.04 Å². The fourth-order valence-corrected chi connectivity index (χ4v) is 2.03. The third-order valence-electron chi connectivity index (χ3n) is 2.24. The molecule has 0 saturated carbocycles. The van der Waals surface area contributed by atoms with Crippen molar-refractivity contribution < 1.29 is 9.53 Å². The highest BCUT2D eigenvalue weighted by Crippen LogP contribution is 2.22. The first-order valence-corrected chi connectivity index (χ1v) is 7.32. The lowest BCUT2D eigenvalue weighted by molar-refractivity contribution is 0.0524. The first-order valence-electron chi connectivity index (χ1n) is 5.86. The smallest absolute Gasteiger partial charge is 0.407 e. The van der Waals surface area contributed by atoms with Crippen LogP contribution in [0.15, 0.2) is 18.2 Å². The van der Waals surface area contributed by atoms with Gasteiger partial charge in [0.15, 0.2) is 0 Å². The van der Waals surface area contributed by atoms with E-state index in [0.29, 0.717) is 11.6 Å². The number of carbonyl (C=O) groups is 1. The molecule has 4 nitrogen and oxygen atoms in total. The van der Waals surface area contributed by atoms with E-state index in [4.69, 9.17) is 22.1 Å². The van der Waals surface area contributed by atoms with E-state index in [2.05, 4.69) is 27.9 Å². The summed E-state index contributed by atoms with van der Waals surface area (Å²) in [7, 11) is 0.